The first-order chi connectivity index (χ1) is 11.2. The smallest absolute Gasteiger partial charge is 0.270 e. The Morgan fingerprint density at radius 3 is 2.65 bits per heavy atom. The summed E-state index contributed by atoms with van der Waals surface area (Å²) in [5.74, 6) is 2.13. The Morgan fingerprint density at radius 1 is 1.17 bits per heavy atom. The summed E-state index contributed by atoms with van der Waals surface area (Å²) < 4.78 is 15.9. The lowest BCUT2D eigenvalue weighted by Crippen LogP contribution is -1.91. The van der Waals surface area contributed by atoms with Crippen LogP contribution in [0, 0.1) is 0 Å². The van der Waals surface area contributed by atoms with Crippen LogP contribution in [-0.2, 0) is 6.42 Å². The van der Waals surface area contributed by atoms with E-state index in [0.29, 0.717) is 28.3 Å². The van der Waals surface area contributed by atoms with Gasteiger partial charge in [-0.15, -0.1) is 0 Å². The summed E-state index contributed by atoms with van der Waals surface area (Å²) in [4.78, 5) is 9.52. The normalized spacial score (nSPS) is 10.7. The minimum Gasteiger partial charge on any atom is -0.493 e. The van der Waals surface area contributed by atoms with Crippen molar-refractivity contribution in [2.24, 2.45) is 0 Å². The van der Waals surface area contributed by atoms with Gasteiger partial charge in [-0.05, 0) is 24.6 Å². The number of rotatable bonds is 5. The van der Waals surface area contributed by atoms with Gasteiger partial charge in [-0.3, -0.25) is 0 Å². The number of aryl methyl sites for hydroxylation is 1. The van der Waals surface area contributed by atoms with Crippen molar-refractivity contribution < 1.29 is 14.0 Å². The molecule has 1 aromatic carbocycles. The molecule has 0 amide bonds. The van der Waals surface area contributed by atoms with Gasteiger partial charge >= 0.3 is 0 Å². The third-order valence-corrected chi connectivity index (χ3v) is 4.23. The van der Waals surface area contributed by atoms with E-state index >= 15 is 0 Å². The topological polar surface area (TPSA) is 96.3 Å². The lowest BCUT2D eigenvalue weighted by atomic mass is 10.2. The number of anilines is 1. The lowest BCUT2D eigenvalue weighted by molar-refractivity contribution is 0.355. The summed E-state index contributed by atoms with van der Waals surface area (Å²) in [7, 11) is 3.17. The molecular formula is C15H16N4O3S. The highest BCUT2D eigenvalue weighted by Gasteiger charge is 2.18. The largest absolute Gasteiger partial charge is 0.493 e. The SMILES string of the molecule is CCc1nc(N)sc1-c1nc(-c2ccc(OC)c(OC)c2)no1. The molecule has 7 nitrogen and oxygen atoms in total. The van der Waals surface area contributed by atoms with E-state index in [-0.39, 0.29) is 0 Å². The second-order valence-corrected chi connectivity index (χ2v) is 5.71. The number of hydrogen-bond acceptors (Lipinski definition) is 8. The first-order valence-electron chi connectivity index (χ1n) is 6.98. The highest BCUT2D eigenvalue weighted by atomic mass is 32.1. The molecule has 0 radical (unpaired) electrons. The molecule has 8 heteroatoms. The maximum Gasteiger partial charge on any atom is 0.270 e. The van der Waals surface area contributed by atoms with E-state index in [9.17, 15) is 0 Å². The molecule has 0 spiro atoms. The molecule has 23 heavy (non-hydrogen) atoms. The van der Waals surface area contributed by atoms with E-state index in [1.54, 1.807) is 26.4 Å². The molecule has 0 fully saturated rings. The molecule has 2 aromatic heterocycles. The zero-order valence-corrected chi connectivity index (χ0v) is 13.8. The van der Waals surface area contributed by atoms with E-state index in [2.05, 4.69) is 15.1 Å². The molecule has 3 rings (SSSR count). The number of nitrogens with zero attached hydrogens (tertiary/aromatic N) is 3. The van der Waals surface area contributed by atoms with Crippen molar-refractivity contribution in [3.63, 3.8) is 0 Å². The fourth-order valence-electron chi connectivity index (χ4n) is 2.19. The van der Waals surface area contributed by atoms with Gasteiger partial charge < -0.3 is 19.7 Å². The molecule has 2 heterocycles. The van der Waals surface area contributed by atoms with E-state index < -0.39 is 0 Å². The van der Waals surface area contributed by atoms with Gasteiger partial charge in [-0.1, -0.05) is 23.4 Å². The average Bonchev–Trinajstić information content (AvgIpc) is 3.20. The third kappa shape index (κ3) is 2.85. The van der Waals surface area contributed by atoms with Crippen molar-refractivity contribution >= 4 is 16.5 Å². The molecule has 0 bridgehead atoms. The van der Waals surface area contributed by atoms with Gasteiger partial charge in [0, 0.05) is 5.56 Å². The predicted octanol–water partition coefficient (Wildman–Crippen LogP) is 3.02. The van der Waals surface area contributed by atoms with Crippen molar-refractivity contribution in [3.05, 3.63) is 23.9 Å². The zero-order chi connectivity index (χ0) is 16.4. The van der Waals surface area contributed by atoms with E-state index in [1.807, 2.05) is 13.0 Å². The second kappa shape index (κ2) is 6.25. The van der Waals surface area contributed by atoms with Gasteiger partial charge in [-0.25, -0.2) is 4.98 Å². The minimum absolute atomic E-state index is 0.417. The monoisotopic (exact) mass is 332 g/mol. The number of thiazole rings is 1. The van der Waals surface area contributed by atoms with Crippen LogP contribution in [0.4, 0.5) is 5.13 Å². The number of ether oxygens (including phenoxy) is 2. The van der Waals surface area contributed by atoms with Crippen molar-refractivity contribution in [2.75, 3.05) is 20.0 Å². The molecule has 3 aromatic rings. The van der Waals surface area contributed by atoms with Crippen LogP contribution in [0.25, 0.3) is 22.2 Å². The van der Waals surface area contributed by atoms with Gasteiger partial charge in [0.1, 0.15) is 4.88 Å². The van der Waals surface area contributed by atoms with Gasteiger partial charge in [0.25, 0.3) is 5.89 Å². The Morgan fingerprint density at radius 2 is 1.96 bits per heavy atom. The fourth-order valence-corrected chi connectivity index (χ4v) is 3.03. The highest BCUT2D eigenvalue weighted by molar-refractivity contribution is 7.18. The van der Waals surface area contributed by atoms with Crippen LogP contribution in [0.3, 0.4) is 0 Å². The Kier molecular flexibility index (Phi) is 4.16. The van der Waals surface area contributed by atoms with Crippen LogP contribution in [0.1, 0.15) is 12.6 Å². The maximum atomic E-state index is 5.77. The number of benzene rings is 1. The Labute approximate surface area is 137 Å². The molecular weight excluding hydrogens is 316 g/mol. The molecule has 0 aliphatic rings. The predicted molar refractivity (Wildman–Crippen MR) is 87.7 cm³/mol. The van der Waals surface area contributed by atoms with Crippen molar-refractivity contribution in [1.82, 2.24) is 15.1 Å². The number of hydrogen-bond donors (Lipinski definition) is 1. The molecule has 120 valence electrons. The fraction of sp³-hybridized carbons (Fsp3) is 0.267. The van der Waals surface area contributed by atoms with Crippen molar-refractivity contribution in [1.29, 1.82) is 0 Å². The van der Waals surface area contributed by atoms with Crippen LogP contribution in [0.5, 0.6) is 11.5 Å². The third-order valence-electron chi connectivity index (χ3n) is 3.31. The summed E-state index contributed by atoms with van der Waals surface area (Å²) in [5, 5.41) is 4.52. The van der Waals surface area contributed by atoms with Gasteiger partial charge in [-0.2, -0.15) is 4.98 Å². The van der Waals surface area contributed by atoms with Gasteiger partial charge in [0.15, 0.2) is 16.6 Å². The summed E-state index contributed by atoms with van der Waals surface area (Å²) in [6.07, 6.45) is 0.747. The zero-order valence-electron chi connectivity index (χ0n) is 13.0. The Bertz CT molecular complexity index is 828. The van der Waals surface area contributed by atoms with Crippen LogP contribution in [0.2, 0.25) is 0 Å². The second-order valence-electron chi connectivity index (χ2n) is 4.67. The van der Waals surface area contributed by atoms with E-state index in [1.165, 1.54) is 11.3 Å². The molecule has 0 saturated heterocycles. The summed E-state index contributed by atoms with van der Waals surface area (Å²) in [5.41, 5.74) is 7.40. The standard InChI is InChI=1S/C15H16N4O3S/c1-4-9-12(23-15(16)17-9)14-18-13(19-22-14)8-5-6-10(20-2)11(7-8)21-3/h5-7H,4H2,1-3H3,(H2,16,17). The molecule has 0 saturated carbocycles. The average molecular weight is 332 g/mol. The number of methoxy groups -OCH3 is 2. The van der Waals surface area contributed by atoms with Gasteiger partial charge in [0.05, 0.1) is 19.9 Å². The number of aromatic nitrogens is 3. The molecule has 2 N–H and O–H groups in total. The van der Waals surface area contributed by atoms with Crippen molar-refractivity contribution in [3.8, 4) is 33.7 Å². The van der Waals surface area contributed by atoms with Crippen LogP contribution in [0.15, 0.2) is 22.7 Å². The first kappa shape index (κ1) is 15.3. The maximum absolute atomic E-state index is 5.77. The van der Waals surface area contributed by atoms with E-state index in [0.717, 1.165) is 22.6 Å². The first-order valence-corrected chi connectivity index (χ1v) is 7.79. The summed E-state index contributed by atoms with van der Waals surface area (Å²) >= 11 is 1.34. The van der Waals surface area contributed by atoms with Crippen LogP contribution >= 0.6 is 11.3 Å². The number of nitrogens with two attached hydrogens (primary N) is 1. The minimum atomic E-state index is 0.417. The summed E-state index contributed by atoms with van der Waals surface area (Å²) in [6.45, 7) is 2.00. The molecule has 0 aliphatic carbocycles. The van der Waals surface area contributed by atoms with Crippen LogP contribution in [-0.4, -0.2) is 29.3 Å². The van der Waals surface area contributed by atoms with E-state index in [4.69, 9.17) is 19.7 Å². The lowest BCUT2D eigenvalue weighted by Gasteiger charge is -2.07. The molecule has 0 unspecified atom stereocenters. The highest BCUT2D eigenvalue weighted by Crippen LogP contribution is 2.34. The number of nitrogen functional groups attached to an aromatic ring is 1. The van der Waals surface area contributed by atoms with Crippen molar-refractivity contribution in [2.45, 2.75) is 13.3 Å². The summed E-state index contributed by atoms with van der Waals surface area (Å²) in [6, 6.07) is 5.44. The Balaban J connectivity index is 1.99. The molecule has 0 aliphatic heterocycles. The van der Waals surface area contributed by atoms with Crippen LogP contribution < -0.4 is 15.2 Å². The molecule has 0 atom stereocenters. The van der Waals surface area contributed by atoms with Gasteiger partial charge in [0.2, 0.25) is 5.82 Å². The Hall–Kier alpha value is -2.61. The quantitative estimate of drug-likeness (QED) is 0.767.